The predicted molar refractivity (Wildman–Crippen MR) is 77.4 cm³/mol. The fraction of sp³-hybridized carbons (Fsp3) is 0.286. The summed E-state index contributed by atoms with van der Waals surface area (Å²) in [7, 11) is 0.908. The number of nitrogens with zero attached hydrogens (tertiary/aromatic N) is 2. The van der Waals surface area contributed by atoms with E-state index in [1.54, 1.807) is 6.26 Å². The van der Waals surface area contributed by atoms with Gasteiger partial charge in [0, 0.05) is 28.5 Å². The summed E-state index contributed by atoms with van der Waals surface area (Å²) in [6, 6.07) is 7.52. The van der Waals surface area contributed by atoms with E-state index in [1.807, 2.05) is 36.2 Å². The number of rotatable bonds is 6. The van der Waals surface area contributed by atoms with Crippen LogP contribution in [0.25, 0.3) is 0 Å². The van der Waals surface area contributed by atoms with E-state index in [4.69, 9.17) is 9.52 Å². The summed E-state index contributed by atoms with van der Waals surface area (Å²) in [5.74, 6) is -0.739. The second kappa shape index (κ2) is 6.64. The molecule has 0 fully saturated rings. The molecule has 0 spiro atoms. The molecule has 0 aliphatic heterocycles. The minimum atomic E-state index is -1.10. The number of hydrogen-bond donors (Lipinski definition) is 1. The van der Waals surface area contributed by atoms with Gasteiger partial charge in [-0.15, -0.1) is 0 Å². The lowest BCUT2D eigenvalue weighted by molar-refractivity contribution is 0.0690. The van der Waals surface area contributed by atoms with Gasteiger partial charge >= 0.3 is 5.97 Å². The Labute approximate surface area is 124 Å². The van der Waals surface area contributed by atoms with Crippen LogP contribution in [-0.2, 0) is 23.9 Å². The van der Waals surface area contributed by atoms with Crippen LogP contribution in [0.1, 0.15) is 21.9 Å². The Morgan fingerprint density at radius 3 is 2.52 bits per heavy atom. The van der Waals surface area contributed by atoms with Crippen LogP contribution < -0.4 is 0 Å². The van der Waals surface area contributed by atoms with Crippen LogP contribution in [0.4, 0.5) is 0 Å². The lowest BCUT2D eigenvalue weighted by Gasteiger charge is -2.14. The van der Waals surface area contributed by atoms with Crippen molar-refractivity contribution in [3.05, 3.63) is 47.7 Å². The molecule has 112 valence electrons. The molecule has 0 bridgehead atoms. The molecule has 2 aromatic rings. The number of benzene rings is 1. The van der Waals surface area contributed by atoms with Crippen LogP contribution >= 0.6 is 0 Å². The zero-order valence-electron chi connectivity index (χ0n) is 11.8. The smallest absolute Gasteiger partial charge is 0.357 e. The molecule has 1 aromatic heterocycles. The number of aromatic nitrogens is 1. The van der Waals surface area contributed by atoms with Gasteiger partial charge in [0.05, 0.1) is 6.54 Å². The average molecular weight is 308 g/mol. The van der Waals surface area contributed by atoms with Gasteiger partial charge in [-0.25, -0.2) is 9.78 Å². The molecule has 1 atom stereocenters. The van der Waals surface area contributed by atoms with Gasteiger partial charge < -0.3 is 9.52 Å². The largest absolute Gasteiger partial charge is 0.476 e. The maximum atomic E-state index is 11.3. The number of carbonyl (C=O) groups is 1. The van der Waals surface area contributed by atoms with E-state index in [0.717, 1.165) is 16.7 Å². The van der Waals surface area contributed by atoms with Crippen LogP contribution in [-0.4, -0.2) is 38.5 Å². The first-order valence-electron chi connectivity index (χ1n) is 6.24. The summed E-state index contributed by atoms with van der Waals surface area (Å²) in [5.41, 5.74) is 0.977. The number of carboxylic acids is 1. The molecule has 0 amide bonds. The molecule has 0 aliphatic carbocycles. The van der Waals surface area contributed by atoms with Crippen LogP contribution in [0.5, 0.6) is 0 Å². The molecule has 0 aliphatic rings. The molecule has 1 aromatic carbocycles. The van der Waals surface area contributed by atoms with Gasteiger partial charge in [0.15, 0.2) is 5.69 Å². The highest BCUT2D eigenvalue weighted by Gasteiger charge is 2.12. The van der Waals surface area contributed by atoms with Crippen molar-refractivity contribution in [3.63, 3.8) is 0 Å². The van der Waals surface area contributed by atoms with E-state index < -0.39 is 16.8 Å². The Balaban J connectivity index is 1.95. The van der Waals surface area contributed by atoms with Gasteiger partial charge in [0.1, 0.15) is 6.26 Å². The zero-order valence-corrected chi connectivity index (χ0v) is 12.6. The molecule has 1 heterocycles. The molecule has 7 heteroatoms. The van der Waals surface area contributed by atoms with Gasteiger partial charge in [-0.1, -0.05) is 12.1 Å². The fourth-order valence-electron chi connectivity index (χ4n) is 1.87. The van der Waals surface area contributed by atoms with Crippen molar-refractivity contribution < 1.29 is 18.5 Å². The number of hydrogen-bond acceptors (Lipinski definition) is 5. The summed E-state index contributed by atoms with van der Waals surface area (Å²) in [5, 5.41) is 8.78. The summed E-state index contributed by atoms with van der Waals surface area (Å²) in [6.07, 6.45) is 2.78. The lowest BCUT2D eigenvalue weighted by Crippen LogP contribution is -2.17. The monoisotopic (exact) mass is 308 g/mol. The molecule has 0 saturated heterocycles. The molecular weight excluding hydrogens is 292 g/mol. The molecule has 0 saturated carbocycles. The van der Waals surface area contributed by atoms with Gasteiger partial charge in [-0.05, 0) is 24.7 Å². The maximum absolute atomic E-state index is 11.3. The Hall–Kier alpha value is -1.99. The average Bonchev–Trinajstić information content (AvgIpc) is 2.87. The molecule has 21 heavy (non-hydrogen) atoms. The maximum Gasteiger partial charge on any atom is 0.357 e. The third-order valence-electron chi connectivity index (χ3n) is 2.88. The summed E-state index contributed by atoms with van der Waals surface area (Å²) >= 11 is 0. The van der Waals surface area contributed by atoms with Crippen molar-refractivity contribution in [1.29, 1.82) is 0 Å². The van der Waals surface area contributed by atoms with E-state index in [0.29, 0.717) is 19.0 Å². The van der Waals surface area contributed by atoms with Crippen LogP contribution in [0, 0.1) is 0 Å². The molecular formula is C14H16N2O4S. The second-order valence-electron chi connectivity index (χ2n) is 4.70. The molecule has 6 nitrogen and oxygen atoms in total. The van der Waals surface area contributed by atoms with E-state index in [1.165, 1.54) is 0 Å². The highest BCUT2D eigenvalue weighted by molar-refractivity contribution is 7.84. The number of carboxylic acid groups (broad SMARTS) is 1. The number of aromatic carboxylic acids is 1. The number of oxazole rings is 1. The first kappa shape index (κ1) is 15.4. The summed E-state index contributed by atoms with van der Waals surface area (Å²) in [6.45, 7) is 1.07. The molecule has 1 unspecified atom stereocenters. The van der Waals surface area contributed by atoms with Crippen molar-refractivity contribution in [1.82, 2.24) is 9.88 Å². The summed E-state index contributed by atoms with van der Waals surface area (Å²) in [4.78, 5) is 17.3. The summed E-state index contributed by atoms with van der Waals surface area (Å²) < 4.78 is 16.4. The van der Waals surface area contributed by atoms with Crippen molar-refractivity contribution in [3.8, 4) is 0 Å². The third-order valence-corrected chi connectivity index (χ3v) is 3.82. The van der Waals surface area contributed by atoms with Gasteiger partial charge in [0.25, 0.3) is 0 Å². The minimum absolute atomic E-state index is 0.0896. The lowest BCUT2D eigenvalue weighted by atomic mass is 10.2. The molecule has 0 radical (unpaired) electrons. The van der Waals surface area contributed by atoms with Gasteiger partial charge in [-0.2, -0.15) is 0 Å². The van der Waals surface area contributed by atoms with Crippen molar-refractivity contribution in [2.24, 2.45) is 0 Å². The minimum Gasteiger partial charge on any atom is -0.476 e. The first-order valence-corrected chi connectivity index (χ1v) is 7.80. The first-order chi connectivity index (χ1) is 9.95. The highest BCUT2D eigenvalue weighted by Crippen LogP contribution is 2.11. The second-order valence-corrected chi connectivity index (χ2v) is 6.08. The van der Waals surface area contributed by atoms with Crippen molar-refractivity contribution in [2.45, 2.75) is 18.0 Å². The fourth-order valence-corrected chi connectivity index (χ4v) is 2.39. The van der Waals surface area contributed by atoms with E-state index in [-0.39, 0.29) is 5.69 Å². The SMILES string of the molecule is CN(Cc1ccc(S(C)=O)cc1)Cc1nc(C(=O)O)co1. The predicted octanol–water partition coefficient (Wildman–Crippen LogP) is 1.74. The quantitative estimate of drug-likeness (QED) is 0.875. The van der Waals surface area contributed by atoms with Gasteiger partial charge in [0.2, 0.25) is 5.89 Å². The molecule has 1 N–H and O–H groups in total. The highest BCUT2D eigenvalue weighted by atomic mass is 32.2. The topological polar surface area (TPSA) is 83.6 Å². The Morgan fingerprint density at radius 2 is 2.00 bits per heavy atom. The Bertz CT molecular complexity index is 651. The Morgan fingerprint density at radius 1 is 1.33 bits per heavy atom. The van der Waals surface area contributed by atoms with Crippen molar-refractivity contribution >= 4 is 16.8 Å². The van der Waals surface area contributed by atoms with E-state index in [2.05, 4.69) is 4.98 Å². The van der Waals surface area contributed by atoms with E-state index in [9.17, 15) is 9.00 Å². The normalized spacial score (nSPS) is 12.5. The van der Waals surface area contributed by atoms with Crippen LogP contribution in [0.3, 0.4) is 0 Å². The van der Waals surface area contributed by atoms with Crippen LogP contribution in [0.15, 0.2) is 39.8 Å². The standard InChI is InChI=1S/C14H16N2O4S/c1-16(8-13-15-12(9-20-13)14(17)18)7-10-3-5-11(6-4-10)21(2)19/h3-6,9H,7-8H2,1-2H3,(H,17,18). The van der Waals surface area contributed by atoms with Crippen LogP contribution in [0.2, 0.25) is 0 Å². The Kier molecular flexibility index (Phi) is 4.87. The third kappa shape index (κ3) is 4.24. The molecule has 2 rings (SSSR count). The van der Waals surface area contributed by atoms with Gasteiger partial charge in [-0.3, -0.25) is 9.11 Å². The zero-order chi connectivity index (χ0) is 15.4. The van der Waals surface area contributed by atoms with E-state index >= 15 is 0 Å². The van der Waals surface area contributed by atoms with Crippen molar-refractivity contribution in [2.75, 3.05) is 13.3 Å².